The smallest absolute Gasteiger partial charge is 0.255 e. The lowest BCUT2D eigenvalue weighted by atomic mass is 10.1. The highest BCUT2D eigenvalue weighted by Gasteiger charge is 2.31. The summed E-state index contributed by atoms with van der Waals surface area (Å²) in [5.41, 5.74) is 1.11. The molecule has 0 spiro atoms. The number of carbonyl (C=O) groups is 1. The average molecular weight is 336 g/mol. The zero-order valence-corrected chi connectivity index (χ0v) is 14.1. The molecule has 1 saturated heterocycles. The third-order valence-corrected chi connectivity index (χ3v) is 4.98. The maximum Gasteiger partial charge on any atom is 0.255 e. The molecule has 1 atom stereocenters. The number of para-hydroxylation sites is 1. The number of hydrogen-bond donors (Lipinski definition) is 0. The van der Waals surface area contributed by atoms with Gasteiger partial charge in [0.25, 0.3) is 11.5 Å². The van der Waals surface area contributed by atoms with E-state index >= 15 is 0 Å². The molecule has 1 fully saturated rings. The minimum atomic E-state index is -0.162. The first-order valence-electron chi connectivity index (χ1n) is 8.52. The van der Waals surface area contributed by atoms with Crippen molar-refractivity contribution in [2.24, 2.45) is 7.05 Å². The number of aryl methyl sites for hydroxylation is 1. The molecule has 2 aromatic heterocycles. The zero-order chi connectivity index (χ0) is 17.4. The van der Waals surface area contributed by atoms with Crippen LogP contribution in [0.25, 0.3) is 10.9 Å². The van der Waals surface area contributed by atoms with Gasteiger partial charge in [-0.25, -0.2) is 0 Å². The second kappa shape index (κ2) is 6.20. The minimum Gasteiger partial charge on any atom is -0.334 e. The van der Waals surface area contributed by atoms with Gasteiger partial charge in [-0.05, 0) is 25.0 Å². The van der Waals surface area contributed by atoms with E-state index in [-0.39, 0.29) is 17.5 Å². The fourth-order valence-electron chi connectivity index (χ4n) is 3.66. The number of aromatic nitrogens is 3. The SMILES string of the molecule is Cn1c(=O)cc(C(=O)N2CCC[C@@H]2Cn2cccn2)c2ccccc21. The van der Waals surface area contributed by atoms with Gasteiger partial charge in [-0.2, -0.15) is 5.10 Å². The third-order valence-electron chi connectivity index (χ3n) is 4.98. The predicted octanol–water partition coefficient (Wildman–Crippen LogP) is 2.04. The molecule has 4 rings (SSSR count). The first-order valence-corrected chi connectivity index (χ1v) is 8.52. The Kier molecular flexibility index (Phi) is 3.87. The van der Waals surface area contributed by atoms with Gasteiger partial charge in [0.1, 0.15) is 0 Å². The molecule has 0 radical (unpaired) electrons. The number of nitrogens with zero attached hydrogens (tertiary/aromatic N) is 4. The summed E-state index contributed by atoms with van der Waals surface area (Å²) < 4.78 is 3.44. The molecule has 1 aliphatic heterocycles. The second-order valence-electron chi connectivity index (χ2n) is 6.50. The standard InChI is InChI=1S/C19H20N4O2/c1-21-17-8-3-2-7-15(17)16(12-18(21)24)19(25)23-11-4-6-14(23)13-22-10-5-9-20-22/h2-3,5,7-10,12,14H,4,6,11,13H2,1H3/t14-/m1/s1. The van der Waals surface area contributed by atoms with Crippen LogP contribution >= 0.6 is 0 Å². The van der Waals surface area contributed by atoms with Crippen LogP contribution in [0.15, 0.2) is 53.6 Å². The molecular formula is C19H20N4O2. The number of amides is 1. The minimum absolute atomic E-state index is 0.0662. The van der Waals surface area contributed by atoms with Crippen LogP contribution in [0.5, 0.6) is 0 Å². The lowest BCUT2D eigenvalue weighted by Crippen LogP contribution is -2.39. The number of fused-ring (bicyclic) bond motifs is 1. The molecule has 25 heavy (non-hydrogen) atoms. The lowest BCUT2D eigenvalue weighted by molar-refractivity contribution is 0.0723. The first-order chi connectivity index (χ1) is 12.1. The van der Waals surface area contributed by atoms with Crippen molar-refractivity contribution in [3.63, 3.8) is 0 Å². The summed E-state index contributed by atoms with van der Waals surface area (Å²) in [6.45, 7) is 1.40. The Bertz CT molecular complexity index is 975. The van der Waals surface area contributed by atoms with E-state index in [1.165, 1.54) is 6.07 Å². The van der Waals surface area contributed by atoms with Crippen LogP contribution in [0, 0.1) is 0 Å². The summed E-state index contributed by atoms with van der Waals surface area (Å²) >= 11 is 0. The van der Waals surface area contributed by atoms with E-state index in [0.29, 0.717) is 18.7 Å². The third kappa shape index (κ3) is 2.73. The molecule has 0 bridgehead atoms. The molecule has 1 amide bonds. The van der Waals surface area contributed by atoms with Crippen LogP contribution in [-0.4, -0.2) is 37.7 Å². The molecule has 0 aliphatic carbocycles. The number of pyridine rings is 1. The summed E-state index contributed by atoms with van der Waals surface area (Å²) in [5, 5.41) is 5.07. The van der Waals surface area contributed by atoms with Crippen molar-refractivity contribution in [3.05, 3.63) is 64.7 Å². The van der Waals surface area contributed by atoms with Crippen molar-refractivity contribution < 1.29 is 4.79 Å². The van der Waals surface area contributed by atoms with Crippen LogP contribution < -0.4 is 5.56 Å². The van der Waals surface area contributed by atoms with Gasteiger partial charge < -0.3 is 9.47 Å². The fraction of sp³-hybridized carbons (Fsp3) is 0.316. The highest BCUT2D eigenvalue weighted by Crippen LogP contribution is 2.24. The number of carbonyl (C=O) groups excluding carboxylic acids is 1. The largest absolute Gasteiger partial charge is 0.334 e. The van der Waals surface area contributed by atoms with Gasteiger partial charge in [0.05, 0.1) is 23.7 Å². The van der Waals surface area contributed by atoms with Crippen molar-refractivity contribution >= 4 is 16.8 Å². The maximum atomic E-state index is 13.2. The summed E-state index contributed by atoms with van der Waals surface area (Å²) in [6.07, 6.45) is 5.58. The normalized spacial score (nSPS) is 17.3. The number of likely N-dealkylation sites (tertiary alicyclic amines) is 1. The van der Waals surface area contributed by atoms with Crippen molar-refractivity contribution in [1.29, 1.82) is 0 Å². The zero-order valence-electron chi connectivity index (χ0n) is 14.1. The lowest BCUT2D eigenvalue weighted by Gasteiger charge is -2.25. The Hall–Kier alpha value is -2.89. The molecule has 3 aromatic rings. The molecule has 6 nitrogen and oxygen atoms in total. The predicted molar refractivity (Wildman–Crippen MR) is 95.5 cm³/mol. The van der Waals surface area contributed by atoms with Gasteiger partial charge in [0.15, 0.2) is 0 Å². The van der Waals surface area contributed by atoms with Crippen molar-refractivity contribution in [2.45, 2.75) is 25.4 Å². The van der Waals surface area contributed by atoms with E-state index in [4.69, 9.17) is 0 Å². The summed E-state index contributed by atoms with van der Waals surface area (Å²) in [5.74, 6) is -0.0662. The molecule has 1 aromatic carbocycles. The van der Waals surface area contributed by atoms with E-state index in [1.807, 2.05) is 46.1 Å². The topological polar surface area (TPSA) is 60.1 Å². The number of rotatable bonds is 3. The summed E-state index contributed by atoms with van der Waals surface area (Å²) in [6, 6.07) is 11.0. The Labute approximate surface area is 145 Å². The van der Waals surface area contributed by atoms with Crippen molar-refractivity contribution in [1.82, 2.24) is 19.2 Å². The van der Waals surface area contributed by atoms with E-state index in [9.17, 15) is 9.59 Å². The van der Waals surface area contributed by atoms with Crippen LogP contribution in [0.1, 0.15) is 23.2 Å². The molecule has 0 saturated carbocycles. The van der Waals surface area contributed by atoms with E-state index in [0.717, 1.165) is 23.7 Å². The summed E-state index contributed by atoms with van der Waals surface area (Å²) in [4.78, 5) is 27.4. The van der Waals surface area contributed by atoms with Crippen molar-refractivity contribution in [2.75, 3.05) is 6.54 Å². The van der Waals surface area contributed by atoms with Gasteiger partial charge in [-0.1, -0.05) is 18.2 Å². The first kappa shape index (κ1) is 15.6. The average Bonchev–Trinajstić information content (AvgIpc) is 3.30. The molecular weight excluding hydrogens is 316 g/mol. The maximum absolute atomic E-state index is 13.2. The van der Waals surface area contributed by atoms with Crippen molar-refractivity contribution in [3.8, 4) is 0 Å². The summed E-state index contributed by atoms with van der Waals surface area (Å²) in [7, 11) is 1.73. The Morgan fingerprint density at radius 1 is 1.28 bits per heavy atom. The van der Waals surface area contributed by atoms with E-state index in [2.05, 4.69) is 5.10 Å². The van der Waals surface area contributed by atoms with Crippen LogP contribution in [-0.2, 0) is 13.6 Å². The highest BCUT2D eigenvalue weighted by molar-refractivity contribution is 6.06. The highest BCUT2D eigenvalue weighted by atomic mass is 16.2. The van der Waals surface area contributed by atoms with Gasteiger partial charge in [-0.15, -0.1) is 0 Å². The molecule has 1 aliphatic rings. The molecule has 6 heteroatoms. The fourth-order valence-corrected chi connectivity index (χ4v) is 3.66. The van der Waals surface area contributed by atoms with Gasteiger partial charge in [0, 0.05) is 37.4 Å². The molecule has 0 unspecified atom stereocenters. The monoisotopic (exact) mass is 336 g/mol. The quantitative estimate of drug-likeness (QED) is 0.735. The number of benzene rings is 1. The Balaban J connectivity index is 1.72. The van der Waals surface area contributed by atoms with Gasteiger partial charge in [-0.3, -0.25) is 14.3 Å². The molecule has 128 valence electrons. The Morgan fingerprint density at radius 2 is 2.12 bits per heavy atom. The van der Waals surface area contributed by atoms with Gasteiger partial charge >= 0.3 is 0 Å². The van der Waals surface area contributed by atoms with Crippen LogP contribution in [0.4, 0.5) is 0 Å². The van der Waals surface area contributed by atoms with Gasteiger partial charge in [0.2, 0.25) is 0 Å². The molecule has 0 N–H and O–H groups in total. The Morgan fingerprint density at radius 3 is 2.92 bits per heavy atom. The van der Waals surface area contributed by atoms with E-state index in [1.54, 1.807) is 17.8 Å². The van der Waals surface area contributed by atoms with Crippen LogP contribution in [0.2, 0.25) is 0 Å². The number of hydrogen-bond acceptors (Lipinski definition) is 3. The van der Waals surface area contributed by atoms with E-state index < -0.39 is 0 Å². The van der Waals surface area contributed by atoms with Crippen LogP contribution in [0.3, 0.4) is 0 Å². The second-order valence-corrected chi connectivity index (χ2v) is 6.50. The molecule has 3 heterocycles.